The Balaban J connectivity index is 1.68. The predicted molar refractivity (Wildman–Crippen MR) is 126 cm³/mol. The molecule has 7 nitrogen and oxygen atoms in total. The summed E-state index contributed by atoms with van der Waals surface area (Å²) in [6, 6.07) is 14.4. The van der Waals surface area contributed by atoms with Crippen LogP contribution in [-0.4, -0.2) is 43.4 Å². The molecule has 0 aliphatic heterocycles. The number of rotatable bonds is 8. The van der Waals surface area contributed by atoms with E-state index in [1.807, 2.05) is 31.2 Å². The van der Waals surface area contributed by atoms with E-state index in [0.29, 0.717) is 11.3 Å². The maximum atomic E-state index is 12.8. The van der Waals surface area contributed by atoms with Crippen LogP contribution in [0.5, 0.6) is 0 Å². The number of hydrogen-bond acceptors (Lipinski definition) is 4. The van der Waals surface area contributed by atoms with Crippen molar-refractivity contribution in [3.8, 4) is 0 Å². The van der Waals surface area contributed by atoms with Crippen LogP contribution >= 0.6 is 0 Å². The van der Waals surface area contributed by atoms with Crippen LogP contribution in [0.3, 0.4) is 0 Å². The summed E-state index contributed by atoms with van der Waals surface area (Å²) in [5.41, 5.74) is 2.60. The van der Waals surface area contributed by atoms with Crippen LogP contribution in [0.25, 0.3) is 0 Å². The molecular weight excluding hydrogens is 426 g/mol. The minimum Gasteiger partial charge on any atom is -0.349 e. The van der Waals surface area contributed by atoms with Crippen LogP contribution in [-0.2, 0) is 21.4 Å². The third-order valence-electron chi connectivity index (χ3n) is 5.65. The van der Waals surface area contributed by atoms with Gasteiger partial charge >= 0.3 is 0 Å². The first-order chi connectivity index (χ1) is 15.2. The molecule has 1 aliphatic rings. The fourth-order valence-electron chi connectivity index (χ4n) is 3.84. The van der Waals surface area contributed by atoms with Gasteiger partial charge in [0.2, 0.25) is 15.9 Å². The van der Waals surface area contributed by atoms with E-state index in [1.54, 1.807) is 24.3 Å². The van der Waals surface area contributed by atoms with Gasteiger partial charge in [0.05, 0.1) is 24.1 Å². The number of amides is 2. The molecule has 1 saturated carbocycles. The maximum Gasteiger partial charge on any atom is 0.253 e. The minimum atomic E-state index is -3.61. The highest BCUT2D eigenvalue weighted by molar-refractivity contribution is 7.88. The Labute approximate surface area is 190 Å². The fraction of sp³-hybridized carbons (Fsp3) is 0.417. The summed E-state index contributed by atoms with van der Waals surface area (Å²) in [5, 5.41) is 5.77. The number of anilines is 1. The summed E-state index contributed by atoms with van der Waals surface area (Å²) in [5.74, 6) is -0.729. The van der Waals surface area contributed by atoms with Gasteiger partial charge in [-0.2, -0.15) is 4.31 Å². The lowest BCUT2D eigenvalue weighted by atomic mass is 9.95. The molecule has 0 spiro atoms. The molecule has 2 N–H and O–H groups in total. The van der Waals surface area contributed by atoms with E-state index in [4.69, 9.17) is 0 Å². The molecule has 1 fully saturated rings. The molecule has 8 heteroatoms. The Morgan fingerprint density at radius 1 is 1.00 bits per heavy atom. The molecule has 0 bridgehead atoms. The Morgan fingerprint density at radius 3 is 2.31 bits per heavy atom. The van der Waals surface area contributed by atoms with E-state index in [-0.39, 0.29) is 25.0 Å². The van der Waals surface area contributed by atoms with Crippen LogP contribution in [0.4, 0.5) is 5.69 Å². The van der Waals surface area contributed by atoms with Crippen molar-refractivity contribution in [1.29, 1.82) is 0 Å². The molecule has 0 saturated heterocycles. The average Bonchev–Trinajstić information content (AvgIpc) is 2.75. The first kappa shape index (κ1) is 23.9. The largest absolute Gasteiger partial charge is 0.349 e. The van der Waals surface area contributed by atoms with E-state index in [9.17, 15) is 18.0 Å². The van der Waals surface area contributed by atoms with Crippen LogP contribution in [0.1, 0.15) is 53.6 Å². The average molecular weight is 458 g/mol. The van der Waals surface area contributed by atoms with Crippen LogP contribution in [0, 0.1) is 6.92 Å². The predicted octanol–water partition coefficient (Wildman–Crippen LogP) is 3.46. The summed E-state index contributed by atoms with van der Waals surface area (Å²) >= 11 is 0. The Hall–Kier alpha value is -2.71. The van der Waals surface area contributed by atoms with Crippen molar-refractivity contribution >= 4 is 27.5 Å². The first-order valence-electron chi connectivity index (χ1n) is 10.9. The molecule has 0 radical (unpaired) electrons. The van der Waals surface area contributed by atoms with Crippen molar-refractivity contribution < 1.29 is 18.0 Å². The zero-order chi connectivity index (χ0) is 23.1. The summed E-state index contributed by atoms with van der Waals surface area (Å²) < 4.78 is 25.7. The van der Waals surface area contributed by atoms with Gasteiger partial charge in [0.15, 0.2) is 0 Å². The number of para-hydroxylation sites is 1. The Morgan fingerprint density at radius 2 is 1.66 bits per heavy atom. The zero-order valence-electron chi connectivity index (χ0n) is 18.6. The van der Waals surface area contributed by atoms with E-state index in [1.165, 1.54) is 6.42 Å². The van der Waals surface area contributed by atoms with Crippen molar-refractivity contribution in [3.63, 3.8) is 0 Å². The smallest absolute Gasteiger partial charge is 0.253 e. The second-order valence-electron chi connectivity index (χ2n) is 8.42. The second-order valence-corrected chi connectivity index (χ2v) is 10.4. The third-order valence-corrected chi connectivity index (χ3v) is 6.85. The van der Waals surface area contributed by atoms with E-state index in [0.717, 1.165) is 47.4 Å². The lowest BCUT2D eigenvalue weighted by Gasteiger charge is -2.23. The monoisotopic (exact) mass is 457 g/mol. The molecule has 2 amide bonds. The highest BCUT2D eigenvalue weighted by Gasteiger charge is 2.23. The highest BCUT2D eigenvalue weighted by Crippen LogP contribution is 2.20. The van der Waals surface area contributed by atoms with Gasteiger partial charge in [-0.1, -0.05) is 61.2 Å². The Kier molecular flexibility index (Phi) is 8.04. The van der Waals surface area contributed by atoms with Gasteiger partial charge in [0.1, 0.15) is 0 Å². The summed E-state index contributed by atoms with van der Waals surface area (Å²) in [4.78, 5) is 25.5. The second kappa shape index (κ2) is 10.7. The molecule has 1 aliphatic carbocycles. The molecule has 2 aromatic rings. The zero-order valence-corrected chi connectivity index (χ0v) is 19.5. The number of sulfonamides is 1. The SMILES string of the molecule is Cc1ccc(CN(CC(=O)Nc2ccccc2C(=O)NC2CCCCC2)S(C)(=O)=O)cc1. The molecular formula is C24H31N3O4S. The van der Waals surface area contributed by atoms with Crippen LogP contribution in [0.15, 0.2) is 48.5 Å². The van der Waals surface area contributed by atoms with Crippen molar-refractivity contribution in [1.82, 2.24) is 9.62 Å². The lowest BCUT2D eigenvalue weighted by molar-refractivity contribution is -0.116. The number of nitrogens with zero attached hydrogens (tertiary/aromatic N) is 1. The molecule has 32 heavy (non-hydrogen) atoms. The Bertz CT molecular complexity index is 1050. The summed E-state index contributed by atoms with van der Waals surface area (Å²) in [7, 11) is -3.61. The van der Waals surface area contributed by atoms with Gasteiger partial charge in [0.25, 0.3) is 5.91 Å². The van der Waals surface area contributed by atoms with Gasteiger partial charge in [-0.3, -0.25) is 9.59 Å². The number of benzene rings is 2. The molecule has 3 rings (SSSR count). The van der Waals surface area contributed by atoms with Crippen molar-refractivity contribution in [2.75, 3.05) is 18.1 Å². The number of carbonyl (C=O) groups excluding carboxylic acids is 2. The van der Waals surface area contributed by atoms with Gasteiger partial charge in [0, 0.05) is 12.6 Å². The summed E-state index contributed by atoms with van der Waals surface area (Å²) in [6.07, 6.45) is 6.40. The number of carbonyl (C=O) groups is 2. The summed E-state index contributed by atoms with van der Waals surface area (Å²) in [6.45, 7) is 1.70. The van der Waals surface area contributed by atoms with Gasteiger partial charge in [-0.25, -0.2) is 8.42 Å². The van der Waals surface area contributed by atoms with Crippen LogP contribution in [0.2, 0.25) is 0 Å². The lowest BCUT2D eigenvalue weighted by Crippen LogP contribution is -2.38. The standard InChI is InChI=1S/C24H31N3O4S/c1-18-12-14-19(15-13-18)16-27(32(2,30)31)17-23(28)26-22-11-7-6-10-21(22)24(29)25-20-8-4-3-5-9-20/h6-7,10-15,20H,3-5,8-9,16-17H2,1-2H3,(H,25,29)(H,26,28). The van der Waals surface area contributed by atoms with Crippen molar-refractivity contribution in [3.05, 3.63) is 65.2 Å². The number of hydrogen-bond donors (Lipinski definition) is 2. The van der Waals surface area contributed by atoms with Crippen molar-refractivity contribution in [2.24, 2.45) is 0 Å². The molecule has 0 atom stereocenters. The number of nitrogens with one attached hydrogen (secondary N) is 2. The highest BCUT2D eigenvalue weighted by atomic mass is 32.2. The number of aryl methyl sites for hydroxylation is 1. The molecule has 2 aromatic carbocycles. The molecule has 0 heterocycles. The maximum absolute atomic E-state index is 12.8. The normalized spacial score (nSPS) is 14.8. The fourth-order valence-corrected chi connectivity index (χ4v) is 4.57. The van der Waals surface area contributed by atoms with Gasteiger partial charge < -0.3 is 10.6 Å². The molecule has 172 valence electrons. The van der Waals surface area contributed by atoms with Crippen LogP contribution < -0.4 is 10.6 Å². The van der Waals surface area contributed by atoms with Crippen molar-refractivity contribution in [2.45, 2.75) is 51.6 Å². The molecule has 0 aromatic heterocycles. The third kappa shape index (κ3) is 6.90. The molecule has 0 unspecified atom stereocenters. The van der Waals surface area contributed by atoms with Gasteiger partial charge in [-0.05, 0) is 37.5 Å². The van der Waals surface area contributed by atoms with E-state index in [2.05, 4.69) is 10.6 Å². The quantitative estimate of drug-likeness (QED) is 0.635. The van der Waals surface area contributed by atoms with Gasteiger partial charge in [-0.15, -0.1) is 0 Å². The van der Waals surface area contributed by atoms with E-state index < -0.39 is 15.9 Å². The van der Waals surface area contributed by atoms with E-state index >= 15 is 0 Å². The topological polar surface area (TPSA) is 95.6 Å². The minimum absolute atomic E-state index is 0.0936. The first-order valence-corrected chi connectivity index (χ1v) is 12.8.